The molecule has 128 valence electrons. The van der Waals surface area contributed by atoms with Crippen molar-refractivity contribution >= 4 is 39.1 Å². The fourth-order valence-corrected chi connectivity index (χ4v) is 4.39. The summed E-state index contributed by atoms with van der Waals surface area (Å²) in [6.07, 6.45) is 4.14. The minimum Gasteiger partial charge on any atom is -0.342 e. The smallest absolute Gasteiger partial charge is 0.244 e. The average Bonchev–Trinajstić information content (AvgIpc) is 2.78. The first-order valence-corrected chi connectivity index (χ1v) is 9.71. The molecule has 0 aromatic heterocycles. The summed E-state index contributed by atoms with van der Waals surface area (Å²) < 4.78 is 26.2. The van der Waals surface area contributed by atoms with Gasteiger partial charge in [0, 0.05) is 25.2 Å². The number of carbonyl (C=O) groups is 1. The molecule has 1 aromatic rings. The molecular weight excluding hydrogens is 359 g/mol. The van der Waals surface area contributed by atoms with Crippen LogP contribution in [-0.4, -0.2) is 50.2 Å². The Morgan fingerprint density at radius 2 is 1.78 bits per heavy atom. The van der Waals surface area contributed by atoms with Gasteiger partial charge in [-0.2, -0.15) is 4.31 Å². The zero-order chi connectivity index (χ0) is 17.0. The Morgan fingerprint density at radius 3 is 2.39 bits per heavy atom. The number of hydrogen-bond donors (Lipinski definition) is 0. The highest BCUT2D eigenvalue weighted by atomic mass is 35.5. The van der Waals surface area contributed by atoms with Crippen LogP contribution in [0.15, 0.2) is 23.1 Å². The number of sulfonamides is 1. The third kappa shape index (κ3) is 4.59. The standard InChI is InChI=1S/C15H20Cl2N2O3S/c1-18(11-15(20)19-8-4-2-3-5-9-19)23(21,22)14-10-12(16)6-7-13(14)17/h6-7,10H,2-5,8-9,11H2,1H3. The zero-order valence-corrected chi connectivity index (χ0v) is 15.3. The molecule has 0 saturated carbocycles. The fraction of sp³-hybridized carbons (Fsp3) is 0.533. The summed E-state index contributed by atoms with van der Waals surface area (Å²) in [5, 5.41) is 0.365. The van der Waals surface area contributed by atoms with E-state index in [1.807, 2.05) is 0 Å². The Morgan fingerprint density at radius 1 is 1.17 bits per heavy atom. The van der Waals surface area contributed by atoms with E-state index in [0.29, 0.717) is 13.1 Å². The molecule has 1 heterocycles. The normalized spacial score (nSPS) is 16.4. The van der Waals surface area contributed by atoms with Gasteiger partial charge in [-0.1, -0.05) is 36.0 Å². The molecule has 0 N–H and O–H groups in total. The van der Waals surface area contributed by atoms with E-state index in [9.17, 15) is 13.2 Å². The maximum atomic E-state index is 12.6. The van der Waals surface area contributed by atoms with Crippen LogP contribution < -0.4 is 0 Å². The van der Waals surface area contributed by atoms with Crippen molar-refractivity contribution in [2.75, 3.05) is 26.7 Å². The molecule has 0 bridgehead atoms. The Hall–Kier alpha value is -0.820. The molecule has 8 heteroatoms. The lowest BCUT2D eigenvalue weighted by molar-refractivity contribution is -0.131. The van der Waals surface area contributed by atoms with Crippen LogP contribution >= 0.6 is 23.2 Å². The lowest BCUT2D eigenvalue weighted by Gasteiger charge is -2.24. The van der Waals surface area contributed by atoms with Gasteiger partial charge in [0.2, 0.25) is 15.9 Å². The Kier molecular flexibility index (Phi) is 6.31. The molecule has 1 aromatic carbocycles. The maximum Gasteiger partial charge on any atom is 0.244 e. The molecule has 1 amide bonds. The lowest BCUT2D eigenvalue weighted by Crippen LogP contribution is -2.41. The van der Waals surface area contributed by atoms with Gasteiger partial charge in [0.1, 0.15) is 4.90 Å². The monoisotopic (exact) mass is 378 g/mol. The van der Waals surface area contributed by atoms with Crippen molar-refractivity contribution in [1.82, 2.24) is 9.21 Å². The quantitative estimate of drug-likeness (QED) is 0.808. The average molecular weight is 379 g/mol. The number of carbonyl (C=O) groups excluding carboxylic acids is 1. The van der Waals surface area contributed by atoms with Crippen LogP contribution in [0.5, 0.6) is 0 Å². The zero-order valence-electron chi connectivity index (χ0n) is 13.0. The second-order valence-electron chi connectivity index (χ2n) is 5.63. The van der Waals surface area contributed by atoms with E-state index in [0.717, 1.165) is 30.0 Å². The van der Waals surface area contributed by atoms with E-state index in [4.69, 9.17) is 23.2 Å². The van der Waals surface area contributed by atoms with Crippen LogP contribution in [0.3, 0.4) is 0 Å². The highest BCUT2D eigenvalue weighted by Crippen LogP contribution is 2.27. The van der Waals surface area contributed by atoms with E-state index in [1.165, 1.54) is 25.2 Å². The van der Waals surface area contributed by atoms with Crippen molar-refractivity contribution in [2.45, 2.75) is 30.6 Å². The summed E-state index contributed by atoms with van der Waals surface area (Å²) in [7, 11) is -2.49. The molecule has 1 fully saturated rings. The second-order valence-corrected chi connectivity index (χ2v) is 8.49. The largest absolute Gasteiger partial charge is 0.342 e. The topological polar surface area (TPSA) is 57.7 Å². The van der Waals surface area contributed by atoms with Crippen LogP contribution in [0.2, 0.25) is 10.0 Å². The first-order valence-electron chi connectivity index (χ1n) is 7.51. The van der Waals surface area contributed by atoms with Crippen molar-refractivity contribution in [1.29, 1.82) is 0 Å². The van der Waals surface area contributed by atoms with Gasteiger partial charge in [0.25, 0.3) is 0 Å². The summed E-state index contributed by atoms with van der Waals surface area (Å²) in [6.45, 7) is 1.17. The number of halogens is 2. The van der Waals surface area contributed by atoms with Crippen LogP contribution in [0.25, 0.3) is 0 Å². The van der Waals surface area contributed by atoms with Gasteiger partial charge >= 0.3 is 0 Å². The highest BCUT2D eigenvalue weighted by molar-refractivity contribution is 7.89. The Balaban J connectivity index is 2.13. The SMILES string of the molecule is CN(CC(=O)N1CCCCCC1)S(=O)(=O)c1cc(Cl)ccc1Cl. The van der Waals surface area contributed by atoms with Gasteiger partial charge in [-0.3, -0.25) is 4.79 Å². The number of hydrogen-bond acceptors (Lipinski definition) is 3. The third-order valence-electron chi connectivity index (χ3n) is 3.90. The van der Waals surface area contributed by atoms with E-state index >= 15 is 0 Å². The first kappa shape index (κ1) is 18.5. The number of benzene rings is 1. The molecule has 0 spiro atoms. The van der Waals surface area contributed by atoms with Crippen LogP contribution in [0.4, 0.5) is 0 Å². The van der Waals surface area contributed by atoms with Crippen molar-refractivity contribution < 1.29 is 13.2 Å². The summed E-state index contributed by atoms with van der Waals surface area (Å²) in [5.41, 5.74) is 0. The molecule has 23 heavy (non-hydrogen) atoms. The number of nitrogens with zero attached hydrogens (tertiary/aromatic N) is 2. The fourth-order valence-electron chi connectivity index (χ4n) is 2.54. The molecule has 2 rings (SSSR count). The minimum absolute atomic E-state index is 0.0853. The maximum absolute atomic E-state index is 12.6. The molecule has 1 saturated heterocycles. The van der Waals surface area contributed by atoms with Crippen molar-refractivity contribution in [3.63, 3.8) is 0 Å². The van der Waals surface area contributed by atoms with Gasteiger partial charge in [0.05, 0.1) is 11.6 Å². The Labute approximate surface area is 147 Å². The number of likely N-dealkylation sites (N-methyl/N-ethyl adjacent to an activating group) is 1. The van der Waals surface area contributed by atoms with Crippen molar-refractivity contribution in [3.8, 4) is 0 Å². The van der Waals surface area contributed by atoms with E-state index in [-0.39, 0.29) is 27.4 Å². The number of likely N-dealkylation sites (tertiary alicyclic amines) is 1. The van der Waals surface area contributed by atoms with Crippen molar-refractivity contribution in [3.05, 3.63) is 28.2 Å². The van der Waals surface area contributed by atoms with Crippen LogP contribution in [0, 0.1) is 0 Å². The third-order valence-corrected chi connectivity index (χ3v) is 6.42. The highest BCUT2D eigenvalue weighted by Gasteiger charge is 2.27. The molecule has 5 nitrogen and oxygen atoms in total. The minimum atomic E-state index is -3.87. The Bertz CT molecular complexity index is 671. The molecule has 0 atom stereocenters. The molecule has 0 radical (unpaired) electrons. The van der Waals surface area contributed by atoms with Crippen molar-refractivity contribution in [2.24, 2.45) is 0 Å². The molecule has 0 aliphatic carbocycles. The van der Waals surface area contributed by atoms with E-state index < -0.39 is 10.0 Å². The van der Waals surface area contributed by atoms with E-state index in [2.05, 4.69) is 0 Å². The summed E-state index contributed by atoms with van der Waals surface area (Å²) in [4.78, 5) is 14.0. The van der Waals surface area contributed by atoms with Gasteiger partial charge < -0.3 is 4.90 Å². The van der Waals surface area contributed by atoms with Crippen LogP contribution in [0.1, 0.15) is 25.7 Å². The molecule has 1 aliphatic heterocycles. The second kappa shape index (κ2) is 7.83. The van der Waals surface area contributed by atoms with E-state index in [1.54, 1.807) is 4.90 Å². The van der Waals surface area contributed by atoms with Gasteiger partial charge in [0.15, 0.2) is 0 Å². The summed E-state index contributed by atoms with van der Waals surface area (Å²) in [5.74, 6) is -0.184. The van der Waals surface area contributed by atoms with Gasteiger partial charge in [-0.15, -0.1) is 0 Å². The molecule has 1 aliphatic rings. The first-order chi connectivity index (χ1) is 10.8. The number of amides is 1. The predicted molar refractivity (Wildman–Crippen MR) is 91.3 cm³/mol. The predicted octanol–water partition coefficient (Wildman–Crippen LogP) is 3.02. The number of rotatable bonds is 4. The van der Waals surface area contributed by atoms with Gasteiger partial charge in [-0.05, 0) is 31.0 Å². The molecular formula is C15H20Cl2N2O3S. The van der Waals surface area contributed by atoms with Gasteiger partial charge in [-0.25, -0.2) is 8.42 Å². The summed E-state index contributed by atoms with van der Waals surface area (Å²) >= 11 is 11.8. The van der Waals surface area contributed by atoms with Crippen LogP contribution in [-0.2, 0) is 14.8 Å². The lowest BCUT2D eigenvalue weighted by atomic mass is 10.2. The molecule has 0 unspecified atom stereocenters. The summed E-state index contributed by atoms with van der Waals surface area (Å²) in [6, 6.07) is 4.25.